The lowest BCUT2D eigenvalue weighted by Gasteiger charge is -2.56. The van der Waals surface area contributed by atoms with Crippen molar-refractivity contribution in [1.82, 2.24) is 10.6 Å². The number of rotatable bonds is 7. The Balaban J connectivity index is 1.38. The van der Waals surface area contributed by atoms with Crippen molar-refractivity contribution in [3.05, 3.63) is 71.5 Å². The molecule has 3 N–H and O–H groups in total. The van der Waals surface area contributed by atoms with Crippen molar-refractivity contribution >= 4 is 11.8 Å². The number of hydrogen-bond donors (Lipinski definition) is 3. The Morgan fingerprint density at radius 3 is 2.42 bits per heavy atom. The van der Waals surface area contributed by atoms with Crippen LogP contribution in [-0.4, -0.2) is 29.1 Å². The first-order valence-corrected chi connectivity index (χ1v) is 13.2. The van der Waals surface area contributed by atoms with Crippen molar-refractivity contribution in [2.75, 3.05) is 0 Å². The van der Waals surface area contributed by atoms with Gasteiger partial charge in [-0.15, -0.1) is 0 Å². The summed E-state index contributed by atoms with van der Waals surface area (Å²) in [5.41, 5.74) is 1.82. The second-order valence-electron chi connectivity index (χ2n) is 11.2. The van der Waals surface area contributed by atoms with Crippen molar-refractivity contribution in [1.29, 1.82) is 0 Å². The molecule has 0 unspecified atom stereocenters. The van der Waals surface area contributed by atoms with Crippen LogP contribution in [0.5, 0.6) is 0 Å². The van der Waals surface area contributed by atoms with E-state index in [0.29, 0.717) is 13.0 Å². The topological polar surface area (TPSA) is 78.4 Å². The molecule has 5 nitrogen and oxygen atoms in total. The van der Waals surface area contributed by atoms with E-state index in [9.17, 15) is 19.1 Å². The number of fused-ring (bicyclic) bond motifs is 1. The molecule has 4 rings (SSSR count). The Morgan fingerprint density at radius 1 is 1.06 bits per heavy atom. The largest absolute Gasteiger partial charge is 0.392 e. The number of benzene rings is 2. The zero-order valence-corrected chi connectivity index (χ0v) is 21.5. The molecule has 0 saturated heterocycles. The van der Waals surface area contributed by atoms with E-state index in [-0.39, 0.29) is 52.8 Å². The molecule has 2 aliphatic carbocycles. The second-order valence-corrected chi connectivity index (χ2v) is 11.2. The average Bonchev–Trinajstić information content (AvgIpc) is 2.85. The van der Waals surface area contributed by atoms with Crippen molar-refractivity contribution in [3.8, 4) is 0 Å². The summed E-state index contributed by atoms with van der Waals surface area (Å²) < 4.78 is 13.2. The lowest BCUT2D eigenvalue weighted by molar-refractivity contribution is -0.143. The first-order valence-electron chi connectivity index (χ1n) is 13.2. The number of aliphatic hydroxyl groups is 1. The van der Waals surface area contributed by atoms with Crippen LogP contribution >= 0.6 is 0 Å². The van der Waals surface area contributed by atoms with Crippen LogP contribution in [0.25, 0.3) is 0 Å². The van der Waals surface area contributed by atoms with E-state index in [2.05, 4.69) is 24.5 Å². The Labute approximate surface area is 213 Å². The highest BCUT2D eigenvalue weighted by Crippen LogP contribution is 2.55. The Bertz CT molecular complexity index is 1040. The van der Waals surface area contributed by atoms with Crippen molar-refractivity contribution < 1.29 is 19.1 Å². The molecule has 2 saturated carbocycles. The summed E-state index contributed by atoms with van der Waals surface area (Å²) in [4.78, 5) is 25.7. The SMILES string of the molecule is C[C@H]1[C@@H]2[C@@H](O)[C@@H]([C@H](C)C(=O)NCc3ccc(F)cc3)CC[C@@]2(C)CC[C@@H]1NC(=O)Cc1ccccc1. The van der Waals surface area contributed by atoms with Crippen molar-refractivity contribution in [3.63, 3.8) is 0 Å². The van der Waals surface area contributed by atoms with Gasteiger partial charge in [-0.3, -0.25) is 9.59 Å². The van der Waals surface area contributed by atoms with Gasteiger partial charge in [0, 0.05) is 18.5 Å². The molecule has 2 aliphatic rings. The maximum absolute atomic E-state index is 13.2. The Morgan fingerprint density at radius 2 is 1.72 bits per heavy atom. The monoisotopic (exact) mass is 494 g/mol. The summed E-state index contributed by atoms with van der Waals surface area (Å²) in [6, 6.07) is 15.8. The number of carbonyl (C=O) groups excluding carboxylic acids is 2. The fraction of sp³-hybridized carbons (Fsp3) is 0.533. The molecule has 0 bridgehead atoms. The van der Waals surface area contributed by atoms with E-state index in [1.54, 1.807) is 12.1 Å². The molecule has 2 aromatic carbocycles. The molecule has 2 fully saturated rings. The van der Waals surface area contributed by atoms with E-state index in [4.69, 9.17) is 0 Å². The van der Waals surface area contributed by atoms with Crippen LogP contribution in [0, 0.1) is 34.9 Å². The molecule has 36 heavy (non-hydrogen) atoms. The predicted molar refractivity (Wildman–Crippen MR) is 138 cm³/mol. The van der Waals surface area contributed by atoms with E-state index in [1.807, 2.05) is 37.3 Å². The second kappa shape index (κ2) is 11.1. The van der Waals surface area contributed by atoms with Crippen molar-refractivity contribution in [2.45, 2.75) is 71.6 Å². The molecule has 194 valence electrons. The molecule has 6 heteroatoms. The van der Waals surface area contributed by atoms with Gasteiger partial charge in [0.15, 0.2) is 0 Å². The zero-order valence-electron chi connectivity index (χ0n) is 21.5. The first kappa shape index (κ1) is 26.3. The molecule has 0 heterocycles. The van der Waals surface area contributed by atoms with Gasteiger partial charge in [-0.1, -0.05) is 63.2 Å². The number of nitrogens with one attached hydrogen (secondary N) is 2. The molecular formula is C30H39FN2O3. The molecule has 0 aromatic heterocycles. The van der Waals surface area contributed by atoms with Gasteiger partial charge in [-0.25, -0.2) is 4.39 Å². The summed E-state index contributed by atoms with van der Waals surface area (Å²) in [6.45, 7) is 6.62. The maximum Gasteiger partial charge on any atom is 0.224 e. The molecule has 0 radical (unpaired) electrons. The fourth-order valence-electron chi connectivity index (χ4n) is 6.68. The van der Waals surface area contributed by atoms with E-state index >= 15 is 0 Å². The Kier molecular flexibility index (Phi) is 8.13. The summed E-state index contributed by atoms with van der Waals surface area (Å²) in [7, 11) is 0. The van der Waals surface area contributed by atoms with Gasteiger partial charge in [0.2, 0.25) is 11.8 Å². The molecule has 2 amide bonds. The number of carbonyl (C=O) groups is 2. The highest BCUT2D eigenvalue weighted by Gasteiger charge is 2.53. The van der Waals surface area contributed by atoms with Gasteiger partial charge in [0.25, 0.3) is 0 Å². The lowest BCUT2D eigenvalue weighted by Crippen LogP contribution is -2.58. The third-order valence-electron chi connectivity index (χ3n) is 8.88. The molecule has 7 atom stereocenters. The van der Waals surface area contributed by atoms with Gasteiger partial charge >= 0.3 is 0 Å². The molecule has 0 spiro atoms. The maximum atomic E-state index is 13.2. The summed E-state index contributed by atoms with van der Waals surface area (Å²) >= 11 is 0. The van der Waals surface area contributed by atoms with Crippen LogP contribution < -0.4 is 10.6 Å². The summed E-state index contributed by atoms with van der Waals surface area (Å²) in [5, 5.41) is 17.8. The minimum atomic E-state index is -0.612. The van der Waals surface area contributed by atoms with Gasteiger partial charge in [0.1, 0.15) is 5.82 Å². The van der Waals surface area contributed by atoms with Crippen LogP contribution in [0.2, 0.25) is 0 Å². The highest BCUT2D eigenvalue weighted by atomic mass is 19.1. The molecule has 0 aliphatic heterocycles. The number of halogens is 1. The summed E-state index contributed by atoms with van der Waals surface area (Å²) in [6.07, 6.45) is 3.36. The van der Waals surface area contributed by atoms with Crippen LogP contribution in [0.15, 0.2) is 54.6 Å². The third-order valence-corrected chi connectivity index (χ3v) is 8.88. The quantitative estimate of drug-likeness (QED) is 0.525. The van der Waals surface area contributed by atoms with Crippen LogP contribution in [0.3, 0.4) is 0 Å². The van der Waals surface area contributed by atoms with Crippen LogP contribution in [0.1, 0.15) is 57.6 Å². The van der Waals surface area contributed by atoms with Gasteiger partial charge in [0.05, 0.1) is 12.5 Å². The van der Waals surface area contributed by atoms with Gasteiger partial charge < -0.3 is 15.7 Å². The van der Waals surface area contributed by atoms with Gasteiger partial charge in [-0.05, 0) is 72.1 Å². The van der Waals surface area contributed by atoms with Crippen LogP contribution in [0.4, 0.5) is 4.39 Å². The predicted octanol–water partition coefficient (Wildman–Crippen LogP) is 4.63. The minimum Gasteiger partial charge on any atom is -0.392 e. The van der Waals surface area contributed by atoms with Crippen molar-refractivity contribution in [2.24, 2.45) is 29.1 Å². The van der Waals surface area contributed by atoms with Crippen LogP contribution in [-0.2, 0) is 22.6 Å². The zero-order chi connectivity index (χ0) is 25.9. The Hall–Kier alpha value is -2.73. The number of hydrogen-bond acceptors (Lipinski definition) is 3. The van der Waals surface area contributed by atoms with E-state index in [1.165, 1.54) is 12.1 Å². The standard InChI is InChI=1S/C30H39FN2O3/c1-19(29(36)32-18-22-9-11-23(31)12-10-22)24-13-15-30(3)16-14-25(20(2)27(30)28(24)35)33-26(34)17-21-7-5-4-6-8-21/h4-12,19-20,24-25,27-28,35H,13-18H2,1-3H3,(H,32,36)(H,33,34)/t19-,20+,24+,25-,27+,28-,30-/m0/s1. The third kappa shape index (κ3) is 5.80. The minimum absolute atomic E-state index is 0.000296. The number of aliphatic hydroxyl groups excluding tert-OH is 1. The van der Waals surface area contributed by atoms with Gasteiger partial charge in [-0.2, -0.15) is 0 Å². The van der Waals surface area contributed by atoms with E-state index < -0.39 is 6.10 Å². The molecular weight excluding hydrogens is 455 g/mol. The first-order chi connectivity index (χ1) is 17.2. The average molecular weight is 495 g/mol. The number of amides is 2. The summed E-state index contributed by atoms with van der Waals surface area (Å²) in [5.74, 6) is -0.749. The fourth-order valence-corrected chi connectivity index (χ4v) is 6.68. The molecule has 2 aromatic rings. The van der Waals surface area contributed by atoms with E-state index in [0.717, 1.165) is 36.8 Å². The highest BCUT2D eigenvalue weighted by molar-refractivity contribution is 5.79. The normalized spacial score (nSPS) is 30.6. The lowest BCUT2D eigenvalue weighted by atomic mass is 9.51. The smallest absolute Gasteiger partial charge is 0.224 e.